The monoisotopic (exact) mass is 523 g/mol. The van der Waals surface area contributed by atoms with Crippen LogP contribution in [0.3, 0.4) is 0 Å². The fourth-order valence-electron chi connectivity index (χ4n) is 3.72. The number of carbonyl (C=O) groups excluding carboxylic acids is 3. The van der Waals surface area contributed by atoms with Gasteiger partial charge in [0.2, 0.25) is 11.8 Å². The van der Waals surface area contributed by atoms with Crippen molar-refractivity contribution in [2.24, 2.45) is 11.5 Å². The van der Waals surface area contributed by atoms with E-state index in [9.17, 15) is 29.6 Å². The second kappa shape index (κ2) is 13.0. The molecule has 0 bridgehead atoms. The Labute approximate surface area is 218 Å². The Hall–Kier alpha value is -4.71. The molecule has 0 aromatic heterocycles. The largest absolute Gasteiger partial charge is 0.502 e. The lowest BCUT2D eigenvalue weighted by Crippen LogP contribution is -2.42. The maximum Gasteiger partial charge on any atom is 0.310 e. The number of carbonyl (C=O) groups is 3. The Morgan fingerprint density at radius 1 is 1.03 bits per heavy atom. The molecule has 0 saturated carbocycles. The third kappa shape index (κ3) is 7.64. The van der Waals surface area contributed by atoms with Crippen molar-refractivity contribution < 1.29 is 29.2 Å². The first-order chi connectivity index (χ1) is 18.2. The molecule has 7 N–H and O–H groups in total. The van der Waals surface area contributed by atoms with Crippen molar-refractivity contribution in [2.45, 2.75) is 25.3 Å². The molecule has 3 aromatic rings. The van der Waals surface area contributed by atoms with Gasteiger partial charge in [0.05, 0.1) is 29.7 Å². The summed E-state index contributed by atoms with van der Waals surface area (Å²) in [7, 11) is 0. The molecule has 12 nitrogen and oxygen atoms in total. The van der Waals surface area contributed by atoms with Crippen LogP contribution in [0.25, 0.3) is 10.8 Å². The number of primary amides is 1. The number of phenolic OH excluding ortho intramolecular Hbond substituents is 1. The number of amides is 3. The Kier molecular flexibility index (Phi) is 9.54. The molecule has 38 heavy (non-hydrogen) atoms. The molecule has 0 saturated heterocycles. The third-order valence-electron chi connectivity index (χ3n) is 5.67. The smallest absolute Gasteiger partial charge is 0.310 e. The van der Waals surface area contributed by atoms with Crippen LogP contribution >= 0.6 is 0 Å². The molecule has 200 valence electrons. The van der Waals surface area contributed by atoms with Crippen molar-refractivity contribution in [2.75, 3.05) is 19.7 Å². The zero-order valence-electron chi connectivity index (χ0n) is 20.5. The number of benzene rings is 3. The molecular formula is C26H29N5O7. The van der Waals surface area contributed by atoms with E-state index in [0.717, 1.165) is 10.8 Å². The van der Waals surface area contributed by atoms with Crippen LogP contribution in [0.4, 0.5) is 5.69 Å². The Morgan fingerprint density at radius 3 is 2.42 bits per heavy atom. The van der Waals surface area contributed by atoms with Gasteiger partial charge in [0, 0.05) is 12.6 Å². The van der Waals surface area contributed by atoms with Crippen LogP contribution in [-0.2, 0) is 16.0 Å². The van der Waals surface area contributed by atoms with Crippen LogP contribution in [0, 0.1) is 10.1 Å². The molecule has 0 aliphatic carbocycles. The fourth-order valence-corrected chi connectivity index (χ4v) is 3.72. The number of nitrogens with one attached hydrogen (secondary N) is 2. The first-order valence-corrected chi connectivity index (χ1v) is 11.9. The molecular weight excluding hydrogens is 494 g/mol. The Morgan fingerprint density at radius 2 is 1.74 bits per heavy atom. The maximum absolute atomic E-state index is 12.6. The number of rotatable bonds is 13. The van der Waals surface area contributed by atoms with Crippen molar-refractivity contribution in [3.05, 3.63) is 75.8 Å². The molecule has 0 spiro atoms. The number of nitro groups is 1. The highest BCUT2D eigenvalue weighted by Gasteiger charge is 2.18. The van der Waals surface area contributed by atoms with Gasteiger partial charge in [-0.3, -0.25) is 24.5 Å². The van der Waals surface area contributed by atoms with Gasteiger partial charge in [-0.25, -0.2) is 0 Å². The first-order valence-electron chi connectivity index (χ1n) is 11.9. The van der Waals surface area contributed by atoms with Gasteiger partial charge in [-0.15, -0.1) is 0 Å². The average Bonchev–Trinajstić information content (AvgIpc) is 2.89. The molecule has 3 amide bonds. The van der Waals surface area contributed by atoms with Crippen LogP contribution in [0.15, 0.2) is 54.6 Å². The third-order valence-corrected chi connectivity index (χ3v) is 5.67. The van der Waals surface area contributed by atoms with Crippen LogP contribution < -0.4 is 26.8 Å². The number of fused-ring (bicyclic) bond motifs is 1. The number of unbranched alkanes of at least 4 members (excludes halogenated alkanes) is 1. The Bertz CT molecular complexity index is 1340. The van der Waals surface area contributed by atoms with E-state index in [0.29, 0.717) is 30.7 Å². The van der Waals surface area contributed by atoms with Crippen LogP contribution in [0.2, 0.25) is 0 Å². The van der Waals surface area contributed by atoms with Gasteiger partial charge >= 0.3 is 5.69 Å². The Balaban J connectivity index is 1.49. The first kappa shape index (κ1) is 27.9. The average molecular weight is 524 g/mol. The summed E-state index contributed by atoms with van der Waals surface area (Å²) >= 11 is 0. The second-order valence-corrected chi connectivity index (χ2v) is 8.58. The van der Waals surface area contributed by atoms with Crippen LogP contribution in [0.1, 0.15) is 28.8 Å². The predicted octanol–water partition coefficient (Wildman–Crippen LogP) is 1.51. The minimum atomic E-state index is -0.922. The standard InChI is InChI=1S/C26H29N5O7/c27-20(11-16-7-8-22(32)21(12-16)31(36)37)26(35)29-9-3-4-10-38-23-14-18-6-2-1-5-17(18)13-19(23)25(34)30-15-24(28)33/h1-2,5-8,12-14,20,32H,3-4,9-11,15,27H2,(H2,28,33)(H,29,35)(H,30,34). The van der Waals surface area contributed by atoms with Gasteiger partial charge < -0.3 is 31.9 Å². The van der Waals surface area contributed by atoms with Crippen molar-refractivity contribution in [1.29, 1.82) is 0 Å². The highest BCUT2D eigenvalue weighted by molar-refractivity contribution is 6.02. The van der Waals surface area contributed by atoms with Crippen LogP contribution in [0.5, 0.6) is 11.5 Å². The quantitative estimate of drug-likeness (QED) is 0.126. The fraction of sp³-hybridized carbons (Fsp3) is 0.269. The van der Waals surface area contributed by atoms with Gasteiger partial charge in [-0.1, -0.05) is 30.3 Å². The summed E-state index contributed by atoms with van der Waals surface area (Å²) < 4.78 is 5.86. The maximum atomic E-state index is 12.6. The van der Waals surface area contributed by atoms with Crippen molar-refractivity contribution in [3.8, 4) is 11.5 Å². The van der Waals surface area contributed by atoms with E-state index in [1.165, 1.54) is 18.2 Å². The summed E-state index contributed by atoms with van der Waals surface area (Å²) in [5.41, 5.74) is 11.3. The summed E-state index contributed by atoms with van der Waals surface area (Å²) in [6, 6.07) is 13.8. The van der Waals surface area contributed by atoms with Gasteiger partial charge in [-0.2, -0.15) is 0 Å². The number of hydrogen-bond acceptors (Lipinski definition) is 8. The van der Waals surface area contributed by atoms with Crippen molar-refractivity contribution in [1.82, 2.24) is 10.6 Å². The topological polar surface area (TPSA) is 200 Å². The molecule has 3 rings (SSSR count). The van der Waals surface area contributed by atoms with Gasteiger partial charge in [0.25, 0.3) is 5.91 Å². The lowest BCUT2D eigenvalue weighted by molar-refractivity contribution is -0.385. The number of aromatic hydroxyl groups is 1. The summed E-state index contributed by atoms with van der Waals surface area (Å²) in [5.74, 6) is -1.65. The predicted molar refractivity (Wildman–Crippen MR) is 140 cm³/mol. The van der Waals surface area contributed by atoms with E-state index in [1.54, 1.807) is 12.1 Å². The van der Waals surface area contributed by atoms with E-state index in [-0.39, 0.29) is 25.1 Å². The zero-order chi connectivity index (χ0) is 27.7. The number of ether oxygens (including phenoxy) is 1. The molecule has 0 heterocycles. The number of phenols is 1. The number of nitrogens with two attached hydrogens (primary N) is 2. The lowest BCUT2D eigenvalue weighted by Gasteiger charge is -2.14. The molecule has 12 heteroatoms. The molecule has 0 radical (unpaired) electrons. The van der Waals surface area contributed by atoms with Crippen LogP contribution in [-0.4, -0.2) is 53.5 Å². The molecule has 0 fully saturated rings. The summed E-state index contributed by atoms with van der Waals surface area (Å²) in [5, 5.41) is 27.4. The summed E-state index contributed by atoms with van der Waals surface area (Å²) in [6.07, 6.45) is 1.20. The van der Waals surface area contributed by atoms with Gasteiger partial charge in [0.1, 0.15) is 5.75 Å². The van der Waals surface area contributed by atoms with Gasteiger partial charge in [0.15, 0.2) is 5.75 Å². The highest BCUT2D eigenvalue weighted by Crippen LogP contribution is 2.27. The van der Waals surface area contributed by atoms with E-state index < -0.39 is 40.1 Å². The number of nitro benzene ring substituents is 1. The summed E-state index contributed by atoms with van der Waals surface area (Å²) in [6.45, 7) is 0.305. The minimum absolute atomic E-state index is 0.0681. The van der Waals surface area contributed by atoms with E-state index in [4.69, 9.17) is 16.2 Å². The minimum Gasteiger partial charge on any atom is -0.502 e. The zero-order valence-corrected chi connectivity index (χ0v) is 20.5. The molecule has 0 aliphatic heterocycles. The summed E-state index contributed by atoms with van der Waals surface area (Å²) in [4.78, 5) is 46.2. The van der Waals surface area contributed by atoms with Crippen molar-refractivity contribution in [3.63, 3.8) is 0 Å². The molecule has 1 atom stereocenters. The second-order valence-electron chi connectivity index (χ2n) is 8.58. The van der Waals surface area contributed by atoms with Crippen molar-refractivity contribution >= 4 is 34.2 Å². The van der Waals surface area contributed by atoms with E-state index in [2.05, 4.69) is 10.6 Å². The van der Waals surface area contributed by atoms with Gasteiger partial charge in [-0.05, 0) is 53.8 Å². The SMILES string of the molecule is NC(=O)CNC(=O)c1cc2ccccc2cc1OCCCCNC(=O)C(N)Cc1ccc(O)c([N+](=O)[O-])c1. The van der Waals surface area contributed by atoms with E-state index in [1.807, 2.05) is 24.3 Å². The number of hydrogen-bond donors (Lipinski definition) is 5. The molecule has 3 aromatic carbocycles. The van der Waals surface area contributed by atoms with E-state index >= 15 is 0 Å². The highest BCUT2D eigenvalue weighted by atomic mass is 16.6. The molecule has 1 unspecified atom stereocenters. The number of nitrogens with zero attached hydrogens (tertiary/aromatic N) is 1. The molecule has 0 aliphatic rings. The lowest BCUT2D eigenvalue weighted by atomic mass is 10.0. The normalized spacial score (nSPS) is 11.5.